The number of carbonyl (C=O) groups is 1. The van der Waals surface area contributed by atoms with Crippen LogP contribution in [0.5, 0.6) is 5.75 Å². The number of benzene rings is 1. The van der Waals surface area contributed by atoms with Crippen molar-refractivity contribution in [2.45, 2.75) is 12.5 Å². The third-order valence-corrected chi connectivity index (χ3v) is 2.07. The van der Waals surface area contributed by atoms with E-state index < -0.39 is 12.0 Å². The predicted octanol–water partition coefficient (Wildman–Crippen LogP) is 0.909. The number of anilines is 1. The number of hydrogen-bond acceptors (Lipinski definition) is 4. The average Bonchev–Trinajstić information content (AvgIpc) is 2.26. The Balaban J connectivity index is 2.44. The lowest BCUT2D eigenvalue weighted by Gasteiger charge is -2.12. The van der Waals surface area contributed by atoms with E-state index >= 15 is 0 Å². The summed E-state index contributed by atoms with van der Waals surface area (Å²) in [5.74, 6) is -0.142. The first-order chi connectivity index (χ1) is 7.61. The van der Waals surface area contributed by atoms with Crippen molar-refractivity contribution in [3.63, 3.8) is 0 Å². The van der Waals surface area contributed by atoms with Crippen molar-refractivity contribution in [1.29, 1.82) is 0 Å². The minimum atomic E-state index is -0.889. The Morgan fingerprint density at radius 2 is 2.38 bits per heavy atom. The molecule has 0 radical (unpaired) electrons. The van der Waals surface area contributed by atoms with E-state index in [1.807, 2.05) is 24.3 Å². The third-order valence-electron chi connectivity index (χ3n) is 2.07. The molecule has 0 spiro atoms. The Bertz CT molecular complexity index is 355. The number of methoxy groups -OCH3 is 1. The minimum Gasteiger partial charge on any atom is -0.497 e. The van der Waals surface area contributed by atoms with E-state index in [0.29, 0.717) is 6.54 Å². The fraction of sp³-hybridized carbons (Fsp3) is 0.364. The van der Waals surface area contributed by atoms with Gasteiger partial charge in [-0.25, -0.2) is 0 Å². The minimum absolute atomic E-state index is 0.0447. The Morgan fingerprint density at radius 3 is 3.00 bits per heavy atom. The summed E-state index contributed by atoms with van der Waals surface area (Å²) in [5, 5.41) is 11.6. The normalized spacial score (nSPS) is 11.9. The topological polar surface area (TPSA) is 84.6 Å². The lowest BCUT2D eigenvalue weighted by molar-refractivity contribution is -0.137. The van der Waals surface area contributed by atoms with Crippen LogP contribution in [0, 0.1) is 0 Å². The lowest BCUT2D eigenvalue weighted by Crippen LogP contribution is -2.31. The molecule has 5 nitrogen and oxygen atoms in total. The van der Waals surface area contributed by atoms with Crippen LogP contribution in [0.1, 0.15) is 6.42 Å². The number of nitrogens with two attached hydrogens (primary N) is 1. The van der Waals surface area contributed by atoms with Gasteiger partial charge in [-0.05, 0) is 12.1 Å². The summed E-state index contributed by atoms with van der Waals surface area (Å²) in [6.07, 6.45) is -0.0447. The fourth-order valence-corrected chi connectivity index (χ4v) is 1.28. The summed E-state index contributed by atoms with van der Waals surface area (Å²) in [6, 6.07) is 6.99. The van der Waals surface area contributed by atoms with Crippen LogP contribution in [-0.4, -0.2) is 30.8 Å². The number of carboxylic acids is 1. The van der Waals surface area contributed by atoms with Gasteiger partial charge in [0.25, 0.3) is 0 Å². The Kier molecular flexibility index (Phi) is 4.60. The molecular weight excluding hydrogens is 208 g/mol. The molecule has 1 aromatic rings. The van der Waals surface area contributed by atoms with Crippen LogP contribution in [0.25, 0.3) is 0 Å². The molecule has 0 bridgehead atoms. The number of aliphatic carboxylic acids is 1. The van der Waals surface area contributed by atoms with E-state index in [9.17, 15) is 4.79 Å². The van der Waals surface area contributed by atoms with Crippen molar-refractivity contribution in [1.82, 2.24) is 0 Å². The first kappa shape index (κ1) is 12.3. The molecule has 0 heterocycles. The number of hydrogen-bond donors (Lipinski definition) is 3. The van der Waals surface area contributed by atoms with E-state index in [0.717, 1.165) is 11.4 Å². The summed E-state index contributed by atoms with van der Waals surface area (Å²) in [6.45, 7) is 0.416. The maximum absolute atomic E-state index is 10.4. The zero-order chi connectivity index (χ0) is 12.0. The standard InChI is InChI=1S/C11H16N2O3/c1-16-10-4-2-3-9(6-10)13-7-8(12)5-11(14)15/h2-4,6,8,13H,5,7,12H2,1H3,(H,14,15). The van der Waals surface area contributed by atoms with E-state index in [1.54, 1.807) is 7.11 Å². The Hall–Kier alpha value is -1.75. The summed E-state index contributed by atoms with van der Waals surface area (Å²) < 4.78 is 5.06. The molecule has 0 aliphatic heterocycles. The molecule has 0 fully saturated rings. The summed E-state index contributed by atoms with van der Waals surface area (Å²) in [4.78, 5) is 10.4. The van der Waals surface area contributed by atoms with Crippen LogP contribution in [-0.2, 0) is 4.79 Å². The molecule has 1 rings (SSSR count). The van der Waals surface area contributed by atoms with Gasteiger partial charge >= 0.3 is 5.97 Å². The highest BCUT2D eigenvalue weighted by Gasteiger charge is 2.07. The molecule has 0 saturated heterocycles. The van der Waals surface area contributed by atoms with Gasteiger partial charge in [-0.3, -0.25) is 4.79 Å². The highest BCUT2D eigenvalue weighted by atomic mass is 16.5. The van der Waals surface area contributed by atoms with Crippen LogP contribution in [0.2, 0.25) is 0 Å². The third kappa shape index (κ3) is 4.18. The largest absolute Gasteiger partial charge is 0.497 e. The lowest BCUT2D eigenvalue weighted by atomic mass is 10.2. The van der Waals surface area contributed by atoms with Gasteiger partial charge in [0, 0.05) is 24.3 Å². The number of ether oxygens (including phenoxy) is 1. The second-order valence-electron chi connectivity index (χ2n) is 3.47. The fourth-order valence-electron chi connectivity index (χ4n) is 1.28. The van der Waals surface area contributed by atoms with Crippen LogP contribution in [0.15, 0.2) is 24.3 Å². The maximum Gasteiger partial charge on any atom is 0.304 e. The van der Waals surface area contributed by atoms with Gasteiger partial charge in [0.05, 0.1) is 13.5 Å². The SMILES string of the molecule is COc1cccc(NCC(N)CC(=O)O)c1. The van der Waals surface area contributed by atoms with Gasteiger partial charge in [-0.1, -0.05) is 6.07 Å². The number of carboxylic acid groups (broad SMARTS) is 1. The second kappa shape index (κ2) is 5.97. The molecule has 0 aliphatic rings. The molecule has 5 heteroatoms. The first-order valence-electron chi connectivity index (χ1n) is 4.97. The number of nitrogens with one attached hydrogen (secondary N) is 1. The maximum atomic E-state index is 10.4. The number of rotatable bonds is 6. The quantitative estimate of drug-likeness (QED) is 0.668. The summed E-state index contributed by atoms with van der Waals surface area (Å²) >= 11 is 0. The van der Waals surface area contributed by atoms with Gasteiger partial charge in [0.2, 0.25) is 0 Å². The van der Waals surface area contributed by atoms with Crippen LogP contribution in [0.3, 0.4) is 0 Å². The van der Waals surface area contributed by atoms with Gasteiger partial charge in [0.15, 0.2) is 0 Å². The monoisotopic (exact) mass is 224 g/mol. The van der Waals surface area contributed by atoms with Crippen molar-refractivity contribution < 1.29 is 14.6 Å². The van der Waals surface area contributed by atoms with Crippen molar-refractivity contribution in [2.24, 2.45) is 5.73 Å². The molecule has 0 aromatic heterocycles. The Labute approximate surface area is 94.2 Å². The molecule has 1 unspecified atom stereocenters. The summed E-state index contributed by atoms with van der Waals surface area (Å²) in [5.41, 5.74) is 6.48. The van der Waals surface area contributed by atoms with Crippen molar-refractivity contribution in [2.75, 3.05) is 19.0 Å². The van der Waals surface area contributed by atoms with Crippen molar-refractivity contribution in [3.05, 3.63) is 24.3 Å². The molecular formula is C11H16N2O3. The molecule has 0 amide bonds. The highest BCUT2D eigenvalue weighted by molar-refractivity contribution is 5.67. The second-order valence-corrected chi connectivity index (χ2v) is 3.47. The van der Waals surface area contributed by atoms with Crippen LogP contribution in [0.4, 0.5) is 5.69 Å². The summed E-state index contributed by atoms with van der Waals surface area (Å²) in [7, 11) is 1.59. The van der Waals surface area contributed by atoms with Gasteiger partial charge in [-0.2, -0.15) is 0 Å². The van der Waals surface area contributed by atoms with Crippen LogP contribution >= 0.6 is 0 Å². The average molecular weight is 224 g/mol. The van der Waals surface area contributed by atoms with E-state index in [-0.39, 0.29) is 6.42 Å². The molecule has 1 atom stereocenters. The van der Waals surface area contributed by atoms with Gasteiger partial charge in [0.1, 0.15) is 5.75 Å². The zero-order valence-electron chi connectivity index (χ0n) is 9.14. The molecule has 0 aliphatic carbocycles. The van der Waals surface area contributed by atoms with Gasteiger partial charge in [-0.15, -0.1) is 0 Å². The van der Waals surface area contributed by atoms with E-state index in [4.69, 9.17) is 15.6 Å². The van der Waals surface area contributed by atoms with Crippen molar-refractivity contribution in [3.8, 4) is 5.75 Å². The van der Waals surface area contributed by atoms with Crippen LogP contribution < -0.4 is 15.8 Å². The molecule has 4 N–H and O–H groups in total. The Morgan fingerprint density at radius 1 is 1.62 bits per heavy atom. The van der Waals surface area contributed by atoms with E-state index in [1.165, 1.54) is 0 Å². The van der Waals surface area contributed by atoms with E-state index in [2.05, 4.69) is 5.32 Å². The molecule has 1 aromatic carbocycles. The molecule has 0 saturated carbocycles. The van der Waals surface area contributed by atoms with Gasteiger partial charge < -0.3 is 20.9 Å². The van der Waals surface area contributed by atoms with Crippen molar-refractivity contribution >= 4 is 11.7 Å². The smallest absolute Gasteiger partial charge is 0.304 e. The molecule has 88 valence electrons. The predicted molar refractivity (Wildman–Crippen MR) is 61.7 cm³/mol. The zero-order valence-corrected chi connectivity index (χ0v) is 9.14. The highest BCUT2D eigenvalue weighted by Crippen LogP contribution is 2.16. The first-order valence-corrected chi connectivity index (χ1v) is 4.97. The molecule has 16 heavy (non-hydrogen) atoms.